The Bertz CT molecular complexity index is 743. The molecule has 0 unspecified atom stereocenters. The van der Waals surface area contributed by atoms with E-state index >= 15 is 0 Å². The van der Waals surface area contributed by atoms with Crippen LogP contribution in [0.25, 0.3) is 0 Å². The zero-order valence-corrected chi connectivity index (χ0v) is 14.6. The number of hydrogen-bond donors (Lipinski definition) is 1. The van der Waals surface area contributed by atoms with Crippen LogP contribution in [0.1, 0.15) is 10.4 Å². The van der Waals surface area contributed by atoms with Crippen molar-refractivity contribution in [2.24, 2.45) is 0 Å². The van der Waals surface area contributed by atoms with Crippen molar-refractivity contribution in [3.8, 4) is 5.75 Å². The number of rotatable bonds is 7. The number of hydrogen-bond acceptors (Lipinski definition) is 4. The van der Waals surface area contributed by atoms with Gasteiger partial charge < -0.3 is 10.1 Å². The van der Waals surface area contributed by atoms with Gasteiger partial charge in [0.25, 0.3) is 11.7 Å². The van der Waals surface area contributed by atoms with Gasteiger partial charge in [-0.1, -0.05) is 39.8 Å². The molecule has 8 heteroatoms. The predicted molar refractivity (Wildman–Crippen MR) is 92.0 cm³/mol. The first-order chi connectivity index (χ1) is 11.5. The number of carbonyl (C=O) groups excluding carboxylic acids is 2. The maximum absolute atomic E-state index is 12.5. The second-order valence-electron chi connectivity index (χ2n) is 4.51. The van der Waals surface area contributed by atoms with Gasteiger partial charge in [0.15, 0.2) is 12.9 Å². The third-order valence-electron chi connectivity index (χ3n) is 2.83. The molecule has 0 bridgehead atoms. The van der Waals surface area contributed by atoms with Gasteiger partial charge in [-0.15, -0.1) is 0 Å². The number of anilines is 1. The van der Waals surface area contributed by atoms with Crippen LogP contribution in [0.3, 0.4) is 0 Å². The quantitative estimate of drug-likeness (QED) is 0.530. The van der Waals surface area contributed by atoms with E-state index in [0.29, 0.717) is 28.1 Å². The highest BCUT2D eigenvalue weighted by molar-refractivity contribution is 9.10. The Labute approximate surface area is 149 Å². The first-order valence-corrected chi connectivity index (χ1v) is 8.38. The molecule has 4 nitrogen and oxygen atoms in total. The summed E-state index contributed by atoms with van der Waals surface area (Å²) in [4.78, 5) is 23.2. The molecule has 0 saturated carbocycles. The number of nitrogens with one attached hydrogen (secondary N) is 1. The predicted octanol–water partition coefficient (Wildman–Crippen LogP) is 4.59. The van der Waals surface area contributed by atoms with E-state index in [2.05, 4.69) is 21.2 Å². The zero-order valence-electron chi connectivity index (χ0n) is 12.2. The van der Waals surface area contributed by atoms with Gasteiger partial charge >= 0.3 is 0 Å². The number of aldehydes is 1. The molecular formula is C16H12BrF2NO3S. The molecule has 2 aromatic carbocycles. The van der Waals surface area contributed by atoms with E-state index in [1.54, 1.807) is 30.3 Å². The van der Waals surface area contributed by atoms with Gasteiger partial charge in [0.05, 0.1) is 11.3 Å². The van der Waals surface area contributed by atoms with Crippen molar-refractivity contribution >= 4 is 45.6 Å². The molecule has 0 radical (unpaired) electrons. The minimum absolute atomic E-state index is 0.262. The molecule has 0 spiro atoms. The summed E-state index contributed by atoms with van der Waals surface area (Å²) in [5, 5.41) is 2.52. The highest BCUT2D eigenvalue weighted by atomic mass is 79.9. The lowest BCUT2D eigenvalue weighted by Gasteiger charge is -2.12. The number of halogens is 3. The Hall–Kier alpha value is -1.93. The van der Waals surface area contributed by atoms with E-state index in [9.17, 15) is 18.4 Å². The molecule has 1 amide bonds. The zero-order chi connectivity index (χ0) is 17.5. The molecule has 0 aliphatic heterocycles. The van der Waals surface area contributed by atoms with Crippen LogP contribution in [-0.4, -0.2) is 24.6 Å². The smallest absolute Gasteiger partial charge is 0.288 e. The molecule has 126 valence electrons. The minimum Gasteiger partial charge on any atom is -0.483 e. The van der Waals surface area contributed by atoms with E-state index in [1.807, 2.05) is 0 Å². The number of para-hydroxylation sites is 1. The number of ether oxygens (including phenoxy) is 1. The summed E-state index contributed by atoms with van der Waals surface area (Å²) in [6.45, 7) is -0.351. The molecule has 0 heterocycles. The van der Waals surface area contributed by atoms with E-state index in [0.717, 1.165) is 0 Å². The van der Waals surface area contributed by atoms with E-state index in [1.165, 1.54) is 12.1 Å². The van der Waals surface area contributed by atoms with Crippen LogP contribution in [-0.2, 0) is 4.79 Å². The topological polar surface area (TPSA) is 55.4 Å². The molecule has 0 aliphatic carbocycles. The molecule has 24 heavy (non-hydrogen) atoms. The van der Waals surface area contributed by atoms with Gasteiger partial charge in [0.1, 0.15) is 5.75 Å². The third kappa shape index (κ3) is 5.31. The number of thioether (sulfide) groups is 1. The summed E-state index contributed by atoms with van der Waals surface area (Å²) in [6, 6.07) is 11.1. The molecule has 0 fully saturated rings. The molecule has 0 aliphatic rings. The van der Waals surface area contributed by atoms with E-state index < -0.39 is 11.7 Å². The maximum Gasteiger partial charge on any atom is 0.288 e. The van der Waals surface area contributed by atoms with E-state index in [-0.39, 0.29) is 22.9 Å². The fourth-order valence-electron chi connectivity index (χ4n) is 1.84. The van der Waals surface area contributed by atoms with Crippen LogP contribution >= 0.6 is 27.7 Å². The summed E-state index contributed by atoms with van der Waals surface area (Å²) >= 11 is 3.58. The first kappa shape index (κ1) is 18.4. The lowest BCUT2D eigenvalue weighted by atomic mass is 10.2. The van der Waals surface area contributed by atoms with Gasteiger partial charge in [0.2, 0.25) is 0 Å². The lowest BCUT2D eigenvalue weighted by molar-refractivity contribution is -0.118. The second-order valence-corrected chi connectivity index (χ2v) is 6.46. The number of alkyl halides is 2. The van der Waals surface area contributed by atoms with Gasteiger partial charge in [0, 0.05) is 9.37 Å². The average Bonchev–Trinajstić information content (AvgIpc) is 2.55. The van der Waals surface area contributed by atoms with Crippen LogP contribution < -0.4 is 10.1 Å². The number of carbonyl (C=O) groups is 2. The Kier molecular flexibility index (Phi) is 6.74. The largest absolute Gasteiger partial charge is 0.483 e. The van der Waals surface area contributed by atoms with Crippen molar-refractivity contribution in [1.82, 2.24) is 0 Å². The highest BCUT2D eigenvalue weighted by Gasteiger charge is 2.13. The number of benzene rings is 2. The summed E-state index contributed by atoms with van der Waals surface area (Å²) in [5.74, 6) is -2.84. The Morgan fingerprint density at radius 3 is 2.75 bits per heavy atom. The first-order valence-electron chi connectivity index (χ1n) is 6.71. The Balaban J connectivity index is 2.01. The van der Waals surface area contributed by atoms with Gasteiger partial charge in [-0.25, -0.2) is 0 Å². The number of amides is 1. The van der Waals surface area contributed by atoms with Crippen LogP contribution in [0.5, 0.6) is 5.75 Å². The van der Waals surface area contributed by atoms with Gasteiger partial charge in [-0.05, 0) is 30.3 Å². The van der Waals surface area contributed by atoms with Crippen LogP contribution in [0.2, 0.25) is 0 Å². The SMILES string of the molecule is O=Cc1cc(Br)ccc1OCC(=O)Nc1ccccc1SC(F)F. The molecule has 1 N–H and O–H groups in total. The monoisotopic (exact) mass is 415 g/mol. The lowest BCUT2D eigenvalue weighted by Crippen LogP contribution is -2.21. The average molecular weight is 416 g/mol. The van der Waals surface area contributed by atoms with Crippen LogP contribution in [0, 0.1) is 0 Å². The van der Waals surface area contributed by atoms with Crippen LogP contribution in [0.15, 0.2) is 51.8 Å². The summed E-state index contributed by atoms with van der Waals surface area (Å²) in [5.41, 5.74) is 0.577. The summed E-state index contributed by atoms with van der Waals surface area (Å²) in [7, 11) is 0. The Morgan fingerprint density at radius 1 is 1.29 bits per heavy atom. The van der Waals surface area contributed by atoms with Crippen molar-refractivity contribution in [1.29, 1.82) is 0 Å². The highest BCUT2D eigenvalue weighted by Crippen LogP contribution is 2.31. The van der Waals surface area contributed by atoms with Crippen LogP contribution in [0.4, 0.5) is 14.5 Å². The van der Waals surface area contributed by atoms with Gasteiger partial charge in [-0.3, -0.25) is 9.59 Å². The summed E-state index contributed by atoms with van der Waals surface area (Å²) < 4.78 is 31.1. The standard InChI is InChI=1S/C16H12BrF2NO3S/c17-11-5-6-13(10(7-11)8-21)23-9-15(22)20-12-3-1-2-4-14(12)24-16(18)19/h1-8,16H,9H2,(H,20,22). The second kappa shape index (κ2) is 8.79. The molecule has 2 aromatic rings. The fraction of sp³-hybridized carbons (Fsp3) is 0.125. The van der Waals surface area contributed by atoms with Crippen molar-refractivity contribution in [3.63, 3.8) is 0 Å². The minimum atomic E-state index is -2.59. The normalized spacial score (nSPS) is 10.5. The summed E-state index contributed by atoms with van der Waals surface area (Å²) in [6.07, 6.45) is 0.618. The van der Waals surface area contributed by atoms with Crippen molar-refractivity contribution in [3.05, 3.63) is 52.5 Å². The molecule has 2 rings (SSSR count). The molecular weight excluding hydrogens is 404 g/mol. The van der Waals surface area contributed by atoms with Gasteiger partial charge in [-0.2, -0.15) is 8.78 Å². The molecule has 0 atom stereocenters. The van der Waals surface area contributed by atoms with Crippen molar-refractivity contribution in [2.45, 2.75) is 10.7 Å². The Morgan fingerprint density at radius 2 is 2.04 bits per heavy atom. The molecule has 0 saturated heterocycles. The van der Waals surface area contributed by atoms with Crippen molar-refractivity contribution in [2.75, 3.05) is 11.9 Å². The van der Waals surface area contributed by atoms with Crippen molar-refractivity contribution < 1.29 is 23.1 Å². The molecule has 0 aromatic heterocycles. The fourth-order valence-corrected chi connectivity index (χ4v) is 2.82. The van der Waals surface area contributed by atoms with E-state index in [4.69, 9.17) is 4.74 Å². The third-order valence-corrected chi connectivity index (χ3v) is 4.12. The maximum atomic E-state index is 12.5.